The SMILES string of the molecule is O=S1(=O)OC(c2ccc3ccccc3c2)(c2ccc3ccccc3c2)OS(=O)(=O)O1. The molecule has 0 amide bonds. The summed E-state index contributed by atoms with van der Waals surface area (Å²) in [6.07, 6.45) is 0. The second kappa shape index (κ2) is 6.59. The number of rotatable bonds is 2. The third-order valence-corrected chi connectivity index (χ3v) is 7.08. The summed E-state index contributed by atoms with van der Waals surface area (Å²) >= 11 is 0. The highest BCUT2D eigenvalue weighted by molar-refractivity contribution is 7.95. The van der Waals surface area contributed by atoms with E-state index in [1.165, 1.54) is 0 Å². The molecule has 0 N–H and O–H groups in total. The molecule has 0 radical (unpaired) electrons. The normalized spacial score (nSPS) is 19.6. The van der Waals surface area contributed by atoms with E-state index in [1.807, 2.05) is 48.5 Å². The minimum absolute atomic E-state index is 0.187. The van der Waals surface area contributed by atoms with E-state index < -0.39 is 26.6 Å². The largest absolute Gasteiger partial charge is 0.419 e. The highest BCUT2D eigenvalue weighted by Gasteiger charge is 2.53. The fourth-order valence-corrected chi connectivity index (χ4v) is 5.69. The van der Waals surface area contributed by atoms with Crippen molar-refractivity contribution < 1.29 is 28.8 Å². The summed E-state index contributed by atoms with van der Waals surface area (Å²) in [4.78, 5) is 0. The first-order chi connectivity index (χ1) is 14.3. The van der Waals surface area contributed by atoms with Crippen LogP contribution in [0.3, 0.4) is 0 Å². The summed E-state index contributed by atoms with van der Waals surface area (Å²) < 4.78 is 63.5. The predicted molar refractivity (Wildman–Crippen MR) is 110 cm³/mol. The molecule has 0 saturated carbocycles. The molecule has 4 aromatic carbocycles. The molecule has 0 atom stereocenters. The van der Waals surface area contributed by atoms with Crippen LogP contribution in [0.5, 0.6) is 0 Å². The molecule has 0 aliphatic carbocycles. The van der Waals surface area contributed by atoms with Gasteiger partial charge in [-0.3, -0.25) is 0 Å². The highest BCUT2D eigenvalue weighted by Crippen LogP contribution is 2.43. The van der Waals surface area contributed by atoms with Gasteiger partial charge < -0.3 is 0 Å². The van der Waals surface area contributed by atoms with Gasteiger partial charge in [-0.25, -0.2) is 8.37 Å². The van der Waals surface area contributed by atoms with Gasteiger partial charge in [-0.1, -0.05) is 72.8 Å². The van der Waals surface area contributed by atoms with Gasteiger partial charge in [0, 0.05) is 11.1 Å². The minimum Gasteiger partial charge on any atom is -0.202 e. The first-order valence-corrected chi connectivity index (χ1v) is 11.5. The van der Waals surface area contributed by atoms with Crippen molar-refractivity contribution in [2.75, 3.05) is 0 Å². The van der Waals surface area contributed by atoms with Gasteiger partial charge in [-0.05, 0) is 33.7 Å². The van der Waals surface area contributed by atoms with Crippen molar-refractivity contribution in [2.45, 2.75) is 5.79 Å². The number of hydrogen-bond donors (Lipinski definition) is 0. The lowest BCUT2D eigenvalue weighted by Gasteiger charge is -2.35. The van der Waals surface area contributed by atoms with E-state index in [0.717, 1.165) is 21.5 Å². The lowest BCUT2D eigenvalue weighted by atomic mass is 9.93. The lowest BCUT2D eigenvalue weighted by molar-refractivity contribution is -0.101. The second-order valence-corrected chi connectivity index (χ2v) is 9.30. The van der Waals surface area contributed by atoms with Crippen molar-refractivity contribution >= 4 is 42.3 Å². The zero-order valence-corrected chi connectivity index (χ0v) is 16.9. The van der Waals surface area contributed by atoms with E-state index >= 15 is 0 Å². The van der Waals surface area contributed by atoms with Crippen LogP contribution in [-0.2, 0) is 38.6 Å². The van der Waals surface area contributed by atoms with Gasteiger partial charge in [0.2, 0.25) is 0 Å². The van der Waals surface area contributed by atoms with Crippen molar-refractivity contribution in [3.05, 3.63) is 96.1 Å². The standard InChI is InChI=1S/C21H14O7S2/c22-29(23)26-21(27-30(24,25)28-29,19-11-9-15-5-1-3-7-17(15)13-19)20-12-10-16-6-2-4-8-18(16)14-20/h1-14H. The average molecular weight is 442 g/mol. The predicted octanol–water partition coefficient (Wildman–Crippen LogP) is 3.75. The maximum Gasteiger partial charge on any atom is 0.419 e. The molecule has 1 fully saturated rings. The molecule has 30 heavy (non-hydrogen) atoms. The Morgan fingerprint density at radius 3 is 1.37 bits per heavy atom. The van der Waals surface area contributed by atoms with Crippen molar-refractivity contribution in [1.29, 1.82) is 0 Å². The monoisotopic (exact) mass is 442 g/mol. The van der Waals surface area contributed by atoms with Gasteiger partial charge in [-0.15, -0.1) is 3.63 Å². The van der Waals surface area contributed by atoms with Gasteiger partial charge in [0.05, 0.1) is 0 Å². The van der Waals surface area contributed by atoms with E-state index in [0.29, 0.717) is 0 Å². The maximum absolute atomic E-state index is 12.3. The average Bonchev–Trinajstić information content (AvgIpc) is 2.70. The van der Waals surface area contributed by atoms with Crippen LogP contribution in [0, 0.1) is 0 Å². The molecule has 5 rings (SSSR count). The van der Waals surface area contributed by atoms with E-state index in [9.17, 15) is 16.8 Å². The van der Waals surface area contributed by atoms with Gasteiger partial charge in [0.1, 0.15) is 0 Å². The Morgan fingerprint density at radius 1 is 0.533 bits per heavy atom. The van der Waals surface area contributed by atoms with E-state index in [2.05, 4.69) is 3.63 Å². The molecular formula is C21H14O7S2. The zero-order valence-electron chi connectivity index (χ0n) is 15.3. The fourth-order valence-electron chi connectivity index (χ4n) is 3.58. The number of fused-ring (bicyclic) bond motifs is 2. The molecule has 1 aliphatic rings. The molecule has 4 aromatic rings. The van der Waals surface area contributed by atoms with Crippen LogP contribution in [0.15, 0.2) is 84.9 Å². The van der Waals surface area contributed by atoms with Gasteiger partial charge in [0.15, 0.2) is 0 Å². The molecule has 0 aromatic heterocycles. The van der Waals surface area contributed by atoms with Crippen molar-refractivity contribution in [3.8, 4) is 0 Å². The smallest absolute Gasteiger partial charge is 0.202 e. The summed E-state index contributed by atoms with van der Waals surface area (Å²) in [7, 11) is -9.83. The Kier molecular flexibility index (Phi) is 4.21. The number of hydrogen-bond acceptors (Lipinski definition) is 7. The molecule has 0 spiro atoms. The summed E-state index contributed by atoms with van der Waals surface area (Å²) in [5.74, 6) is -2.27. The molecule has 1 heterocycles. The minimum atomic E-state index is -4.91. The Hall–Kier alpha value is -2.82. The van der Waals surface area contributed by atoms with Crippen LogP contribution in [0.2, 0.25) is 0 Å². The topological polar surface area (TPSA) is 96.0 Å². The first-order valence-electron chi connectivity index (χ1n) is 8.87. The maximum atomic E-state index is 12.3. The zero-order chi connectivity index (χ0) is 21.0. The van der Waals surface area contributed by atoms with Crippen LogP contribution < -0.4 is 0 Å². The van der Waals surface area contributed by atoms with Crippen LogP contribution in [0.4, 0.5) is 0 Å². The molecule has 0 unspecified atom stereocenters. The third kappa shape index (κ3) is 3.26. The Labute approximate surface area is 173 Å². The molecule has 7 nitrogen and oxygen atoms in total. The van der Waals surface area contributed by atoms with Crippen LogP contribution in [-0.4, -0.2) is 16.8 Å². The van der Waals surface area contributed by atoms with Crippen molar-refractivity contribution in [1.82, 2.24) is 0 Å². The van der Waals surface area contributed by atoms with E-state index in [4.69, 9.17) is 8.37 Å². The summed E-state index contributed by atoms with van der Waals surface area (Å²) in [6.45, 7) is 0. The summed E-state index contributed by atoms with van der Waals surface area (Å²) in [6, 6.07) is 24.6. The second-order valence-electron chi connectivity index (χ2n) is 6.79. The van der Waals surface area contributed by atoms with E-state index in [-0.39, 0.29) is 11.1 Å². The quantitative estimate of drug-likeness (QED) is 0.466. The third-order valence-electron chi connectivity index (χ3n) is 4.86. The molecule has 9 heteroatoms. The lowest BCUT2D eigenvalue weighted by Crippen LogP contribution is -2.44. The van der Waals surface area contributed by atoms with E-state index in [1.54, 1.807) is 36.4 Å². The van der Waals surface area contributed by atoms with Crippen molar-refractivity contribution in [3.63, 3.8) is 0 Å². The highest BCUT2D eigenvalue weighted by atomic mass is 32.3. The fraction of sp³-hybridized carbons (Fsp3) is 0.0476. The number of benzene rings is 4. The summed E-state index contributed by atoms with van der Waals surface area (Å²) in [5.41, 5.74) is 0.374. The molecule has 1 saturated heterocycles. The molecule has 0 bridgehead atoms. The van der Waals surface area contributed by atoms with Gasteiger partial charge in [0.25, 0.3) is 5.79 Å². The Morgan fingerprint density at radius 2 is 0.933 bits per heavy atom. The molecule has 1 aliphatic heterocycles. The molecule has 152 valence electrons. The Balaban J connectivity index is 1.82. The van der Waals surface area contributed by atoms with Crippen LogP contribution >= 0.6 is 0 Å². The Bertz CT molecular complexity index is 1390. The first kappa shape index (κ1) is 19.2. The van der Waals surface area contributed by atoms with Gasteiger partial charge >= 0.3 is 20.8 Å². The summed E-state index contributed by atoms with van der Waals surface area (Å²) in [5, 5.41) is 3.27. The molecular weight excluding hydrogens is 428 g/mol. The van der Waals surface area contributed by atoms with Gasteiger partial charge in [-0.2, -0.15) is 16.8 Å². The van der Waals surface area contributed by atoms with Crippen LogP contribution in [0.1, 0.15) is 11.1 Å². The van der Waals surface area contributed by atoms with Crippen molar-refractivity contribution in [2.24, 2.45) is 0 Å². The van der Waals surface area contributed by atoms with Crippen LogP contribution in [0.25, 0.3) is 21.5 Å².